The number of fused-ring (bicyclic) bond motifs is 1. The molecule has 3 aromatic rings. The lowest BCUT2D eigenvalue weighted by atomic mass is 10.0. The SMILES string of the molecule is O=c1[nH]ncc(N/N=C\c2c(OC(F)F)ccc3ccccc23)c1Cl. The Balaban J connectivity index is 1.98. The molecule has 2 N–H and O–H groups in total. The van der Waals surface area contributed by atoms with Crippen LogP contribution < -0.4 is 15.7 Å². The third-order valence-electron chi connectivity index (χ3n) is 3.32. The molecule has 0 spiro atoms. The molecule has 0 amide bonds. The number of hydrogen-bond donors (Lipinski definition) is 2. The van der Waals surface area contributed by atoms with E-state index in [4.69, 9.17) is 11.6 Å². The van der Waals surface area contributed by atoms with Crippen molar-refractivity contribution < 1.29 is 13.5 Å². The van der Waals surface area contributed by atoms with E-state index in [1.165, 1.54) is 18.5 Å². The molecule has 9 heteroatoms. The fraction of sp³-hybridized carbons (Fsp3) is 0.0625. The normalized spacial score (nSPS) is 11.4. The Morgan fingerprint density at radius 1 is 1.28 bits per heavy atom. The van der Waals surface area contributed by atoms with E-state index >= 15 is 0 Å². The van der Waals surface area contributed by atoms with Crippen LogP contribution in [0.1, 0.15) is 5.56 Å². The van der Waals surface area contributed by atoms with Gasteiger partial charge >= 0.3 is 6.61 Å². The van der Waals surface area contributed by atoms with Gasteiger partial charge in [-0.25, -0.2) is 5.10 Å². The van der Waals surface area contributed by atoms with Crippen LogP contribution in [0.15, 0.2) is 52.5 Å². The first-order valence-electron chi connectivity index (χ1n) is 7.05. The van der Waals surface area contributed by atoms with Crippen molar-refractivity contribution in [3.63, 3.8) is 0 Å². The average molecular weight is 365 g/mol. The number of anilines is 1. The van der Waals surface area contributed by atoms with E-state index in [0.717, 1.165) is 5.39 Å². The highest BCUT2D eigenvalue weighted by molar-refractivity contribution is 6.32. The number of alkyl halides is 2. The van der Waals surface area contributed by atoms with Crippen molar-refractivity contribution in [3.05, 3.63) is 63.5 Å². The number of aromatic amines is 1. The van der Waals surface area contributed by atoms with Crippen LogP contribution in [-0.2, 0) is 0 Å². The Morgan fingerprint density at radius 3 is 2.88 bits per heavy atom. The highest BCUT2D eigenvalue weighted by Crippen LogP contribution is 2.28. The van der Waals surface area contributed by atoms with Gasteiger partial charge in [0.1, 0.15) is 16.5 Å². The number of nitrogens with one attached hydrogen (secondary N) is 2. The van der Waals surface area contributed by atoms with Crippen molar-refractivity contribution in [1.29, 1.82) is 0 Å². The molecule has 0 aliphatic heterocycles. The van der Waals surface area contributed by atoms with E-state index < -0.39 is 12.2 Å². The minimum atomic E-state index is -2.97. The zero-order valence-corrected chi connectivity index (χ0v) is 13.3. The molecule has 0 aliphatic carbocycles. The van der Waals surface area contributed by atoms with Gasteiger partial charge in [0.15, 0.2) is 0 Å². The lowest BCUT2D eigenvalue weighted by molar-refractivity contribution is -0.0498. The lowest BCUT2D eigenvalue weighted by Gasteiger charge is -2.10. The number of ether oxygens (including phenoxy) is 1. The van der Waals surface area contributed by atoms with Crippen LogP contribution >= 0.6 is 11.6 Å². The Bertz CT molecular complexity index is 991. The van der Waals surface area contributed by atoms with Gasteiger partial charge in [0.2, 0.25) is 0 Å². The zero-order valence-electron chi connectivity index (χ0n) is 12.5. The number of hydrazone groups is 1. The molecule has 0 saturated heterocycles. The van der Waals surface area contributed by atoms with Gasteiger partial charge in [-0.2, -0.15) is 19.0 Å². The van der Waals surface area contributed by atoms with Gasteiger partial charge in [-0.1, -0.05) is 41.9 Å². The number of H-pyrrole nitrogens is 1. The van der Waals surface area contributed by atoms with Gasteiger partial charge in [0.05, 0.1) is 12.4 Å². The van der Waals surface area contributed by atoms with Crippen LogP contribution in [0.4, 0.5) is 14.5 Å². The van der Waals surface area contributed by atoms with E-state index in [0.29, 0.717) is 10.9 Å². The van der Waals surface area contributed by atoms with Gasteiger partial charge in [0, 0.05) is 5.56 Å². The number of benzene rings is 2. The van der Waals surface area contributed by atoms with Crippen LogP contribution in [0, 0.1) is 0 Å². The molecule has 2 aromatic carbocycles. The predicted octanol–water partition coefficient (Wildman–Crippen LogP) is 3.62. The molecule has 0 radical (unpaired) electrons. The zero-order chi connectivity index (χ0) is 17.8. The number of halogens is 3. The van der Waals surface area contributed by atoms with Crippen LogP contribution in [0.2, 0.25) is 5.02 Å². The molecule has 6 nitrogen and oxygen atoms in total. The summed E-state index contributed by atoms with van der Waals surface area (Å²) in [4.78, 5) is 11.4. The second-order valence-corrected chi connectivity index (χ2v) is 5.25. The fourth-order valence-electron chi connectivity index (χ4n) is 2.24. The molecule has 1 aromatic heterocycles. The van der Waals surface area contributed by atoms with Crippen molar-refractivity contribution in [2.45, 2.75) is 6.61 Å². The van der Waals surface area contributed by atoms with Crippen molar-refractivity contribution in [2.75, 3.05) is 5.43 Å². The summed E-state index contributed by atoms with van der Waals surface area (Å²) in [5.41, 5.74) is 2.52. The highest BCUT2D eigenvalue weighted by atomic mass is 35.5. The van der Waals surface area contributed by atoms with Gasteiger partial charge < -0.3 is 4.74 Å². The Kier molecular flexibility index (Phi) is 4.90. The maximum Gasteiger partial charge on any atom is 0.387 e. The van der Waals surface area contributed by atoms with E-state index in [2.05, 4.69) is 25.5 Å². The summed E-state index contributed by atoms with van der Waals surface area (Å²) in [7, 11) is 0. The number of rotatable bonds is 5. The Morgan fingerprint density at radius 2 is 2.08 bits per heavy atom. The van der Waals surface area contributed by atoms with Crippen molar-refractivity contribution in [1.82, 2.24) is 10.2 Å². The summed E-state index contributed by atoms with van der Waals surface area (Å²) in [6, 6.07) is 10.3. The van der Waals surface area contributed by atoms with Crippen LogP contribution in [0.5, 0.6) is 5.75 Å². The smallest absolute Gasteiger partial charge is 0.387 e. The quantitative estimate of drug-likeness (QED) is 0.535. The molecule has 0 atom stereocenters. The monoisotopic (exact) mass is 364 g/mol. The van der Waals surface area contributed by atoms with Crippen LogP contribution in [0.25, 0.3) is 10.8 Å². The standard InChI is InChI=1S/C16H11ClF2N4O2/c17-14-12(8-21-23-15(14)24)22-20-7-11-10-4-2-1-3-9(10)5-6-13(11)25-16(18)19/h1-8,16H,(H2,22,23,24)/b20-7-. The number of nitrogens with zero attached hydrogens (tertiary/aromatic N) is 2. The van der Waals surface area contributed by atoms with Crippen molar-refractivity contribution in [3.8, 4) is 5.75 Å². The number of hydrogen-bond acceptors (Lipinski definition) is 5. The Hall–Kier alpha value is -3.00. The summed E-state index contributed by atoms with van der Waals surface area (Å²) < 4.78 is 29.8. The molecular formula is C16H11ClF2N4O2. The first kappa shape index (κ1) is 16.8. The van der Waals surface area contributed by atoms with Crippen LogP contribution in [0.3, 0.4) is 0 Å². The second-order valence-electron chi connectivity index (χ2n) is 4.87. The summed E-state index contributed by atoms with van der Waals surface area (Å²) in [6.45, 7) is -2.97. The molecule has 1 heterocycles. The molecule has 0 bridgehead atoms. The average Bonchev–Trinajstić information content (AvgIpc) is 2.59. The van der Waals surface area contributed by atoms with Gasteiger partial charge in [-0.05, 0) is 16.8 Å². The second kappa shape index (κ2) is 7.27. The fourth-order valence-corrected chi connectivity index (χ4v) is 2.37. The van der Waals surface area contributed by atoms with E-state index in [-0.39, 0.29) is 16.5 Å². The predicted molar refractivity (Wildman–Crippen MR) is 91.7 cm³/mol. The third kappa shape index (κ3) is 3.74. The molecule has 0 fully saturated rings. The minimum Gasteiger partial charge on any atom is -0.434 e. The Labute approximate surface area is 145 Å². The third-order valence-corrected chi connectivity index (χ3v) is 3.70. The highest BCUT2D eigenvalue weighted by Gasteiger charge is 2.12. The van der Waals surface area contributed by atoms with Gasteiger partial charge in [0.25, 0.3) is 5.56 Å². The van der Waals surface area contributed by atoms with E-state index in [1.807, 2.05) is 12.1 Å². The summed E-state index contributed by atoms with van der Waals surface area (Å²) in [5, 5.41) is 11.1. The summed E-state index contributed by atoms with van der Waals surface area (Å²) in [5.74, 6) is -0.0191. The van der Waals surface area contributed by atoms with Crippen molar-refractivity contribution in [2.24, 2.45) is 5.10 Å². The first-order chi connectivity index (χ1) is 12.1. The molecule has 0 saturated carbocycles. The largest absolute Gasteiger partial charge is 0.434 e. The number of aromatic nitrogens is 2. The summed E-state index contributed by atoms with van der Waals surface area (Å²) >= 11 is 5.83. The maximum absolute atomic E-state index is 12.6. The van der Waals surface area contributed by atoms with Gasteiger partial charge in [-0.15, -0.1) is 0 Å². The topological polar surface area (TPSA) is 79.4 Å². The first-order valence-corrected chi connectivity index (χ1v) is 7.43. The maximum atomic E-state index is 12.6. The molecule has 0 unspecified atom stereocenters. The molecular weight excluding hydrogens is 354 g/mol. The van der Waals surface area contributed by atoms with Crippen molar-refractivity contribution >= 4 is 34.3 Å². The van der Waals surface area contributed by atoms with E-state index in [1.54, 1.807) is 18.2 Å². The molecule has 3 rings (SSSR count). The van der Waals surface area contributed by atoms with Gasteiger partial charge in [-0.3, -0.25) is 10.2 Å². The molecule has 128 valence electrons. The summed E-state index contributed by atoms with van der Waals surface area (Å²) in [6.07, 6.45) is 2.60. The van der Waals surface area contributed by atoms with Crippen LogP contribution in [-0.4, -0.2) is 23.0 Å². The van der Waals surface area contributed by atoms with E-state index in [9.17, 15) is 13.6 Å². The molecule has 0 aliphatic rings. The lowest BCUT2D eigenvalue weighted by Crippen LogP contribution is -2.10. The minimum absolute atomic E-state index is 0.0191. The molecule has 25 heavy (non-hydrogen) atoms.